The van der Waals surface area contributed by atoms with E-state index in [4.69, 9.17) is 19.3 Å². The molecule has 1 unspecified atom stereocenters. The molecule has 127 heavy (non-hydrogen) atoms. The van der Waals surface area contributed by atoms with Gasteiger partial charge < -0.3 is 0 Å². The molecule has 0 N–H and O–H groups in total. The van der Waals surface area contributed by atoms with Gasteiger partial charge in [0.25, 0.3) is 0 Å². The zero-order valence-electron chi connectivity index (χ0n) is 95.1. The molecule has 1 aliphatic carbocycles. The Kier molecular flexibility index (Phi) is 143. The van der Waals surface area contributed by atoms with Gasteiger partial charge in [-0.25, -0.2) is 0 Å². The molecule has 0 heterocycles. The quantitative estimate of drug-likeness (QED) is 0.0268. The van der Waals surface area contributed by atoms with E-state index in [9.17, 15) is 0 Å². The van der Waals surface area contributed by atoms with Crippen LogP contribution in [0, 0.1) is 139 Å². The van der Waals surface area contributed by atoms with Crippen LogP contribution < -0.4 is 0 Å². The maximum absolute atomic E-state index is 5.06. The summed E-state index contributed by atoms with van der Waals surface area (Å²) in [5.41, 5.74) is 7.02. The van der Waals surface area contributed by atoms with Crippen molar-refractivity contribution in [3.63, 3.8) is 0 Å². The number of terminal acetylenes is 3. The fourth-order valence-corrected chi connectivity index (χ4v) is 12.7. The van der Waals surface area contributed by atoms with E-state index >= 15 is 0 Å². The second-order valence-electron chi connectivity index (χ2n) is 42.7. The van der Waals surface area contributed by atoms with Crippen molar-refractivity contribution >= 4 is 15.0 Å². The molecule has 1 heteroatoms. The van der Waals surface area contributed by atoms with Crippen LogP contribution in [0.3, 0.4) is 0 Å². The van der Waals surface area contributed by atoms with Gasteiger partial charge in [-0.3, -0.25) is 0 Å². The molecule has 0 radical (unpaired) electrons. The summed E-state index contributed by atoms with van der Waals surface area (Å²) < 4.78 is 0. The average molecular weight is 1830 g/mol. The van der Waals surface area contributed by atoms with E-state index in [-0.39, 0.29) is 0 Å². The van der Waals surface area contributed by atoms with Gasteiger partial charge in [-0.05, 0) is 268 Å². The first kappa shape index (κ1) is 149. The largest absolute Gasteiger partial charge is 0.0654 e. The smallest absolute Gasteiger partial charge is 0.0276 e. The van der Waals surface area contributed by atoms with Crippen LogP contribution in [0.1, 0.15) is 518 Å². The third-order valence-electron chi connectivity index (χ3n) is 19.4. The zero-order valence-corrected chi connectivity index (χ0v) is 96.8. The van der Waals surface area contributed by atoms with Crippen molar-refractivity contribution in [3.05, 3.63) is 144 Å². The molecular weight excluding hydrogens is 1590 g/mol. The first-order valence-electron chi connectivity index (χ1n) is 53.4. The minimum absolute atomic E-state index is 0.760. The van der Waals surface area contributed by atoms with E-state index in [1.165, 1.54) is 232 Å². The SMILES string of the molecule is C#CCCC(C)C.C#CCCC(C)C.C#CCCCC(C)C.C=C(C)CCC(C)C.C=CCCC(C)C.CC(C)=CCCC(C)C.CC(C)CC(C)C.CC(C)CC1C=CCCC1.CC(C)CCc1ccccc1.CC/C=C/CCC(C)C.CC/C=C/C[Se]C(C)C.CCCCC(C)C.CCCCCC(C)C.CCCCCC(C)C.Cc1ccc(CCC(C)C)cc1. The van der Waals surface area contributed by atoms with E-state index < -0.39 is 0 Å². The number of unbranched alkanes of at least 4 members (excludes halogenated alkanes) is 6. The molecule has 0 nitrogen and oxygen atoms in total. The molecule has 1 atom stereocenters. The standard InChI is InChI=1S/C12H18.C11H16.C10H18.2C9H18.C8H16Se.C8H16.2C8H18.C8H14.2C7H16.C7H14.2C7H12/c1-10(2)4-7-12-8-5-11(3)6-9-12;1-10(2)8-9-11-6-4-3-5-7-11;1-9(2)8-10-6-4-3-5-7-10;1-8(2)6-5-7-9(3)4;1-4-5-6-7-8-9(2)3;1-4-5-6-7-9-8(2)3;1-7(2)5-6-8(3)4;3*1-4-5-6-7-8(2)3;1-6(2)5-7(3)4;4*1-4-5-6-7(2)3/h5-6,8-10H,4,7H2,1-3H3;3-7,10H,8-9H2,1-2H3;4,6,9-10H,3,5,7-8H2,1-2H3;6,9H,5,7H2,1-4H3;5-6,9H,4,7-8H2,1-3H3;5-6,8H,4,7H2,1-3H3;8H,1,5-6H2,2-4H3;2*8H,4-7H2,1-3H3;1,8H,5-7H2,2-3H3;6-7H,5H2,1-4H3;7H,4-6H2,1-3H3;4,7H,1,5-6H2,2-3H3;2*1,7H,5-6H2,2-3H3/b;;;;2*6-5+;;;;;;;;;. The summed E-state index contributed by atoms with van der Waals surface area (Å²) in [4.78, 5) is 0.916. The van der Waals surface area contributed by atoms with Gasteiger partial charge in [0, 0.05) is 19.3 Å². The minimum Gasteiger partial charge on any atom is -0.0654 e. The molecule has 0 aliphatic heterocycles. The maximum atomic E-state index is 5.06. The Hall–Kier alpha value is -3.92. The molecule has 0 bridgehead atoms. The van der Waals surface area contributed by atoms with Crippen LogP contribution in [0.5, 0.6) is 0 Å². The number of hydrogen-bond donors (Lipinski definition) is 0. The molecule has 2 aromatic carbocycles. The number of aryl methyl sites for hydroxylation is 3. The van der Waals surface area contributed by atoms with Gasteiger partial charge in [-0.2, -0.15) is 0 Å². The Bertz CT molecular complexity index is 2500. The summed E-state index contributed by atoms with van der Waals surface area (Å²) in [5, 5.41) is 1.32. The number of benzene rings is 2. The number of rotatable bonds is 45. The van der Waals surface area contributed by atoms with Crippen LogP contribution in [-0.4, -0.2) is 15.0 Å². The molecule has 0 spiro atoms. The van der Waals surface area contributed by atoms with Crippen LogP contribution in [-0.2, 0) is 12.8 Å². The van der Waals surface area contributed by atoms with Gasteiger partial charge in [0.05, 0.1) is 0 Å². The summed E-state index contributed by atoms with van der Waals surface area (Å²) in [6.45, 7) is 99.2. The fraction of sp³-hybridized carbons (Fsp3) is 0.762. The monoisotopic (exact) mass is 1830 g/mol. The second kappa shape index (κ2) is 122. The Morgan fingerprint density at radius 2 is 0.764 bits per heavy atom. The van der Waals surface area contributed by atoms with Gasteiger partial charge in [0.1, 0.15) is 0 Å². The van der Waals surface area contributed by atoms with Crippen molar-refractivity contribution < 1.29 is 0 Å². The van der Waals surface area contributed by atoms with Gasteiger partial charge >= 0.3 is 64.4 Å². The normalized spacial score (nSPS) is 11.5. The van der Waals surface area contributed by atoms with Crippen LogP contribution >= 0.6 is 0 Å². The molecule has 3 rings (SSSR count). The average Bonchev–Trinajstić information content (AvgIpc) is 0.889. The number of allylic oxidation sites excluding steroid dienone is 10. The van der Waals surface area contributed by atoms with Crippen molar-refractivity contribution in [3.8, 4) is 37.0 Å². The van der Waals surface area contributed by atoms with Crippen LogP contribution in [0.4, 0.5) is 0 Å². The molecule has 2 aromatic rings. The van der Waals surface area contributed by atoms with Crippen molar-refractivity contribution in [1.29, 1.82) is 0 Å². The molecule has 0 saturated carbocycles. The summed E-state index contributed by atoms with van der Waals surface area (Å²) in [6, 6.07) is 19.5. The molecule has 0 amide bonds. The van der Waals surface area contributed by atoms with Crippen LogP contribution in [0.2, 0.25) is 10.1 Å². The molecule has 750 valence electrons. The van der Waals surface area contributed by atoms with E-state index in [0.717, 1.165) is 153 Å². The summed E-state index contributed by atoms with van der Waals surface area (Å²) in [7, 11) is 0. The van der Waals surface area contributed by atoms with Gasteiger partial charge in [-0.1, -0.05) is 420 Å². The van der Waals surface area contributed by atoms with Crippen molar-refractivity contribution in [2.45, 2.75) is 532 Å². The second-order valence-corrected chi connectivity index (χ2v) is 46.1. The van der Waals surface area contributed by atoms with Crippen LogP contribution in [0.25, 0.3) is 0 Å². The molecule has 0 saturated heterocycles. The molecule has 0 fully saturated rings. The molecule has 0 aromatic heterocycles. The van der Waals surface area contributed by atoms with Gasteiger partial charge in [0.2, 0.25) is 0 Å². The topological polar surface area (TPSA) is 0 Å². The summed E-state index contributed by atoms with van der Waals surface area (Å²) >= 11 is 0.839. The third kappa shape index (κ3) is 199. The molecule has 1 aliphatic rings. The Morgan fingerprint density at radius 3 is 1.05 bits per heavy atom. The van der Waals surface area contributed by atoms with Crippen LogP contribution in [0.15, 0.2) is 128 Å². The Balaban J connectivity index is -0.000000112. The van der Waals surface area contributed by atoms with E-state index in [1.807, 2.05) is 6.08 Å². The van der Waals surface area contributed by atoms with E-state index in [1.54, 1.807) is 0 Å². The summed E-state index contributed by atoms with van der Waals surface area (Å²) in [5.74, 6) is 21.4. The van der Waals surface area contributed by atoms with Crippen molar-refractivity contribution in [2.75, 3.05) is 0 Å². The Morgan fingerprint density at radius 1 is 0.394 bits per heavy atom. The first-order chi connectivity index (χ1) is 59.6. The van der Waals surface area contributed by atoms with Crippen molar-refractivity contribution in [2.24, 2.45) is 94.7 Å². The maximum Gasteiger partial charge on any atom is -0.0276 e. The predicted octanol–water partition coefficient (Wildman–Crippen LogP) is 44.1. The Labute approximate surface area is 816 Å². The third-order valence-corrected chi connectivity index (χ3v) is 21.6. The van der Waals surface area contributed by atoms with Gasteiger partial charge in [0.15, 0.2) is 0 Å². The number of hydrogen-bond acceptors (Lipinski definition) is 0. The first-order valence-corrected chi connectivity index (χ1v) is 55.6. The van der Waals surface area contributed by atoms with E-state index in [2.05, 4.69) is 412 Å². The zero-order chi connectivity index (χ0) is 100. The summed E-state index contributed by atoms with van der Waals surface area (Å²) in [6.07, 6.45) is 80.5. The minimum atomic E-state index is 0.760. The van der Waals surface area contributed by atoms with E-state index in [0.29, 0.717) is 0 Å². The fourth-order valence-electron chi connectivity index (χ4n) is 11.4. The van der Waals surface area contributed by atoms with Crippen molar-refractivity contribution in [1.82, 2.24) is 0 Å². The predicted molar refractivity (Wildman–Crippen MR) is 605 cm³/mol. The van der Waals surface area contributed by atoms with Gasteiger partial charge in [-0.15, -0.1) is 50.2 Å². The molecular formula is C126H240Se.